The lowest BCUT2D eigenvalue weighted by molar-refractivity contribution is -0.128. The highest BCUT2D eigenvalue weighted by Gasteiger charge is 2.47. The molecule has 0 radical (unpaired) electrons. The Balaban J connectivity index is 1.72. The number of sulfone groups is 1. The summed E-state index contributed by atoms with van der Waals surface area (Å²) in [6, 6.07) is 8.05. The van der Waals surface area contributed by atoms with Crippen molar-refractivity contribution < 1.29 is 27.9 Å². The smallest absolute Gasteiger partial charge is 0.407 e. The van der Waals surface area contributed by atoms with E-state index in [9.17, 15) is 23.1 Å². The van der Waals surface area contributed by atoms with Crippen LogP contribution in [-0.2, 0) is 14.6 Å². The number of hydrogen-bond donors (Lipinski definition) is 1. The predicted molar refractivity (Wildman–Crippen MR) is 140 cm³/mol. The lowest BCUT2D eigenvalue weighted by atomic mass is 9.73. The quantitative estimate of drug-likeness (QED) is 0.557. The van der Waals surface area contributed by atoms with E-state index < -0.39 is 33.1 Å². The fourth-order valence-corrected chi connectivity index (χ4v) is 6.69. The molecule has 0 saturated carbocycles. The van der Waals surface area contributed by atoms with Crippen molar-refractivity contribution in [2.75, 3.05) is 49.2 Å². The normalized spacial score (nSPS) is 21.7. The highest BCUT2D eigenvalue weighted by atomic mass is 32.2. The van der Waals surface area contributed by atoms with Crippen molar-refractivity contribution in [3.8, 4) is 5.75 Å². The minimum absolute atomic E-state index is 0.0456. The first-order valence-electron chi connectivity index (χ1n) is 12.6. The minimum atomic E-state index is -3.77. The topological polar surface area (TPSA) is 107 Å². The zero-order chi connectivity index (χ0) is 26.9. The van der Waals surface area contributed by atoms with Crippen LogP contribution in [0.3, 0.4) is 0 Å². The standard InChI is InChI=1S/C26H41N3O6S/c1-7-35-21-10-8-20(9-11-21)28-16-19-14-26(5,6)22(28)17-27(15-19)23(30)18-36(33,34)13-12-29(24(31)32)25(2,3)4/h8-11,19,22H,7,12-18H2,1-6H3,(H,31,32)/t19-,22-/m1/s1. The molecule has 0 unspecified atom stereocenters. The number of benzene rings is 1. The molecule has 10 heteroatoms. The zero-order valence-electron chi connectivity index (χ0n) is 22.4. The largest absolute Gasteiger partial charge is 0.494 e. The van der Waals surface area contributed by atoms with Crippen LogP contribution in [0.4, 0.5) is 10.5 Å². The van der Waals surface area contributed by atoms with E-state index in [0.29, 0.717) is 19.7 Å². The number of fused-ring (bicyclic) bond motifs is 4. The fourth-order valence-electron chi connectivity index (χ4n) is 5.52. The number of ether oxygens (including phenoxy) is 1. The zero-order valence-corrected chi connectivity index (χ0v) is 23.2. The molecule has 36 heavy (non-hydrogen) atoms. The van der Waals surface area contributed by atoms with Gasteiger partial charge in [0.25, 0.3) is 0 Å². The molecule has 3 aliphatic heterocycles. The molecule has 202 valence electrons. The van der Waals surface area contributed by atoms with Gasteiger partial charge in [0.05, 0.1) is 18.4 Å². The molecule has 0 aliphatic carbocycles. The average molecular weight is 524 g/mol. The molecule has 0 spiro atoms. The van der Waals surface area contributed by atoms with Gasteiger partial charge >= 0.3 is 6.09 Å². The number of carbonyl (C=O) groups is 2. The third-order valence-corrected chi connectivity index (χ3v) is 8.75. The Morgan fingerprint density at radius 1 is 1.14 bits per heavy atom. The van der Waals surface area contributed by atoms with Gasteiger partial charge in [-0.2, -0.15) is 0 Å². The van der Waals surface area contributed by atoms with Crippen LogP contribution < -0.4 is 9.64 Å². The van der Waals surface area contributed by atoms with E-state index >= 15 is 0 Å². The van der Waals surface area contributed by atoms with Crippen molar-refractivity contribution in [3.63, 3.8) is 0 Å². The summed E-state index contributed by atoms with van der Waals surface area (Å²) in [5.41, 5.74) is 0.286. The monoisotopic (exact) mass is 523 g/mol. The SMILES string of the molecule is CCOc1ccc(N2C[C@H]3CN(C(=O)CS(=O)(=O)CCN(C(=O)O)C(C)(C)C)C[C@@H]2C(C)(C)C3)cc1. The average Bonchev–Trinajstić information content (AvgIpc) is 3.00. The maximum atomic E-state index is 13.2. The summed E-state index contributed by atoms with van der Waals surface area (Å²) in [5.74, 6) is -0.356. The number of hydrogen-bond acceptors (Lipinski definition) is 6. The third kappa shape index (κ3) is 6.63. The van der Waals surface area contributed by atoms with Crippen molar-refractivity contribution in [2.45, 2.75) is 59.5 Å². The van der Waals surface area contributed by atoms with E-state index in [1.165, 1.54) is 0 Å². The van der Waals surface area contributed by atoms with E-state index in [-0.39, 0.29) is 29.7 Å². The first-order valence-corrected chi connectivity index (χ1v) is 14.4. The maximum Gasteiger partial charge on any atom is 0.407 e. The summed E-state index contributed by atoms with van der Waals surface area (Å²) in [4.78, 5) is 29.9. The molecular formula is C26H41N3O6S. The number of carbonyl (C=O) groups excluding carboxylic acids is 1. The molecule has 1 N–H and O–H groups in total. The van der Waals surface area contributed by atoms with Crippen LogP contribution in [-0.4, -0.2) is 91.2 Å². The van der Waals surface area contributed by atoms with Gasteiger partial charge < -0.3 is 24.5 Å². The van der Waals surface area contributed by atoms with Crippen molar-refractivity contribution in [2.24, 2.45) is 11.3 Å². The number of carboxylic acid groups (broad SMARTS) is 1. The van der Waals surface area contributed by atoms with Crippen LogP contribution >= 0.6 is 0 Å². The van der Waals surface area contributed by atoms with Crippen LogP contribution in [0.2, 0.25) is 0 Å². The van der Waals surface area contributed by atoms with Gasteiger partial charge in [-0.15, -0.1) is 0 Å². The highest BCUT2D eigenvalue weighted by Crippen LogP contribution is 2.43. The Kier molecular flexibility index (Phi) is 8.17. The van der Waals surface area contributed by atoms with Gasteiger partial charge in [0.1, 0.15) is 11.5 Å². The Morgan fingerprint density at radius 2 is 1.78 bits per heavy atom. The molecule has 1 aromatic rings. The molecule has 3 heterocycles. The Labute approximate surface area is 215 Å². The summed E-state index contributed by atoms with van der Waals surface area (Å²) in [6.45, 7) is 13.7. The second-order valence-corrected chi connectivity index (χ2v) is 13.8. The second kappa shape index (κ2) is 10.5. The molecule has 3 saturated heterocycles. The molecule has 2 amide bonds. The van der Waals surface area contributed by atoms with Crippen LogP contribution in [0.15, 0.2) is 24.3 Å². The molecule has 0 aromatic heterocycles. The first-order chi connectivity index (χ1) is 16.6. The van der Waals surface area contributed by atoms with Gasteiger partial charge in [0.15, 0.2) is 9.84 Å². The number of anilines is 1. The summed E-state index contributed by atoms with van der Waals surface area (Å²) < 4.78 is 31.2. The molecule has 9 nitrogen and oxygen atoms in total. The van der Waals surface area contributed by atoms with Gasteiger partial charge in [0, 0.05) is 37.4 Å². The summed E-state index contributed by atoms with van der Waals surface area (Å²) in [6.07, 6.45) is -0.217. The van der Waals surface area contributed by atoms with Crippen molar-refractivity contribution >= 4 is 27.5 Å². The number of piperidine rings is 1. The van der Waals surface area contributed by atoms with E-state index in [1.807, 2.05) is 31.2 Å². The molecule has 2 atom stereocenters. The Bertz CT molecular complexity index is 1050. The van der Waals surface area contributed by atoms with Crippen LogP contribution in [0.5, 0.6) is 5.75 Å². The molecular weight excluding hydrogens is 482 g/mol. The van der Waals surface area contributed by atoms with Crippen molar-refractivity contribution in [1.82, 2.24) is 9.80 Å². The van der Waals surface area contributed by atoms with E-state index in [0.717, 1.165) is 29.3 Å². The first kappa shape index (κ1) is 28.1. The summed E-state index contributed by atoms with van der Waals surface area (Å²) in [7, 11) is -3.77. The van der Waals surface area contributed by atoms with Gasteiger partial charge in [-0.05, 0) is 69.7 Å². The molecule has 4 rings (SSSR count). The maximum absolute atomic E-state index is 13.2. The van der Waals surface area contributed by atoms with Gasteiger partial charge in [0.2, 0.25) is 5.91 Å². The van der Waals surface area contributed by atoms with Crippen LogP contribution in [0.25, 0.3) is 0 Å². The summed E-state index contributed by atoms with van der Waals surface area (Å²) >= 11 is 0. The lowest BCUT2D eigenvalue weighted by Crippen LogP contribution is -2.54. The lowest BCUT2D eigenvalue weighted by Gasteiger charge is -2.48. The molecule has 2 bridgehead atoms. The molecule has 3 fully saturated rings. The van der Waals surface area contributed by atoms with E-state index in [4.69, 9.17) is 4.74 Å². The molecule has 3 aliphatic rings. The predicted octanol–water partition coefficient (Wildman–Crippen LogP) is 3.34. The Morgan fingerprint density at radius 3 is 2.33 bits per heavy atom. The van der Waals surface area contributed by atoms with Crippen molar-refractivity contribution in [1.29, 1.82) is 0 Å². The summed E-state index contributed by atoms with van der Waals surface area (Å²) in [5, 5.41) is 9.44. The Hall–Kier alpha value is -2.49. The number of nitrogens with zero attached hydrogens (tertiary/aromatic N) is 3. The van der Waals surface area contributed by atoms with E-state index in [2.05, 4.69) is 18.7 Å². The van der Waals surface area contributed by atoms with Crippen molar-refractivity contribution in [3.05, 3.63) is 24.3 Å². The van der Waals surface area contributed by atoms with Crippen LogP contribution in [0, 0.1) is 11.3 Å². The number of amides is 2. The fraction of sp³-hybridized carbons (Fsp3) is 0.692. The van der Waals surface area contributed by atoms with Gasteiger partial charge in [-0.25, -0.2) is 13.2 Å². The van der Waals surface area contributed by atoms with E-state index in [1.54, 1.807) is 25.7 Å². The van der Waals surface area contributed by atoms with Gasteiger partial charge in [-0.1, -0.05) is 13.8 Å². The highest BCUT2D eigenvalue weighted by molar-refractivity contribution is 7.92. The van der Waals surface area contributed by atoms with Crippen LogP contribution in [0.1, 0.15) is 48.0 Å². The minimum Gasteiger partial charge on any atom is -0.494 e. The number of rotatable bonds is 8. The molecule has 1 aromatic carbocycles. The second-order valence-electron chi connectivity index (χ2n) is 11.6. The third-order valence-electron chi connectivity index (χ3n) is 7.26. The van der Waals surface area contributed by atoms with Gasteiger partial charge in [-0.3, -0.25) is 4.79 Å².